The predicted molar refractivity (Wildman–Crippen MR) is 109 cm³/mol. The first-order valence-corrected chi connectivity index (χ1v) is 8.74. The minimum Gasteiger partial charge on any atom is -0.443 e. The molecule has 3 rings (SSSR count). The fraction of sp³-hybridized carbons (Fsp3) is 0.438. The van der Waals surface area contributed by atoms with Gasteiger partial charge in [-0.2, -0.15) is 0 Å². The van der Waals surface area contributed by atoms with Gasteiger partial charge in [0.1, 0.15) is 6.26 Å². The number of thiophene rings is 1. The smallest absolute Gasteiger partial charge is 0.236 e. The van der Waals surface area contributed by atoms with Crippen molar-refractivity contribution in [3.63, 3.8) is 0 Å². The minimum atomic E-state index is 0. The molecule has 1 amide bonds. The number of aliphatic imine (C=N–C) groups is 1. The van der Waals surface area contributed by atoms with Gasteiger partial charge in [0.2, 0.25) is 11.8 Å². The van der Waals surface area contributed by atoms with Crippen LogP contribution in [0.2, 0.25) is 0 Å². The molecule has 1 fully saturated rings. The van der Waals surface area contributed by atoms with Crippen molar-refractivity contribution in [3.8, 4) is 10.8 Å². The summed E-state index contributed by atoms with van der Waals surface area (Å²) in [6.07, 6.45) is 1.67. The topological polar surface area (TPSA) is 74.0 Å². The molecule has 0 aliphatic carbocycles. The van der Waals surface area contributed by atoms with E-state index in [1.54, 1.807) is 31.6 Å². The maximum atomic E-state index is 11.4. The zero-order valence-electron chi connectivity index (χ0n) is 14.3. The average Bonchev–Trinajstić information content (AvgIpc) is 3.27. The number of guanidine groups is 1. The van der Waals surface area contributed by atoms with Crippen molar-refractivity contribution in [1.82, 2.24) is 20.1 Å². The first-order chi connectivity index (χ1) is 11.7. The van der Waals surface area contributed by atoms with Crippen molar-refractivity contribution < 1.29 is 9.21 Å². The maximum absolute atomic E-state index is 11.4. The van der Waals surface area contributed by atoms with Gasteiger partial charge < -0.3 is 19.5 Å². The summed E-state index contributed by atoms with van der Waals surface area (Å²) < 4.78 is 5.52. The van der Waals surface area contributed by atoms with E-state index in [2.05, 4.69) is 20.2 Å². The van der Waals surface area contributed by atoms with Crippen molar-refractivity contribution in [3.05, 3.63) is 29.5 Å². The summed E-state index contributed by atoms with van der Waals surface area (Å²) in [5.41, 5.74) is 0.835. The highest BCUT2D eigenvalue weighted by molar-refractivity contribution is 14.0. The van der Waals surface area contributed by atoms with Gasteiger partial charge in [-0.15, -0.1) is 35.3 Å². The summed E-state index contributed by atoms with van der Waals surface area (Å²) in [4.78, 5) is 25.2. The molecular formula is C16H22IN5O2S. The Kier molecular flexibility index (Phi) is 7.24. The molecule has 0 bridgehead atoms. The predicted octanol–water partition coefficient (Wildman–Crippen LogP) is 2.26. The van der Waals surface area contributed by atoms with Crippen LogP contribution in [0.15, 0.2) is 33.2 Å². The number of hydrogen-bond acceptors (Lipinski definition) is 5. The lowest BCUT2D eigenvalue weighted by atomic mass is 10.3. The Labute approximate surface area is 168 Å². The van der Waals surface area contributed by atoms with Gasteiger partial charge in [0.15, 0.2) is 5.96 Å². The van der Waals surface area contributed by atoms with Gasteiger partial charge in [0.05, 0.1) is 17.1 Å². The number of halogens is 1. The number of nitrogens with one attached hydrogen (secondary N) is 1. The van der Waals surface area contributed by atoms with Gasteiger partial charge in [-0.3, -0.25) is 9.79 Å². The molecule has 1 aliphatic heterocycles. The number of nitrogens with zero attached hydrogens (tertiary/aromatic N) is 4. The molecule has 0 spiro atoms. The molecule has 2 aromatic heterocycles. The Morgan fingerprint density at radius 3 is 2.68 bits per heavy atom. The zero-order valence-corrected chi connectivity index (χ0v) is 17.4. The maximum Gasteiger partial charge on any atom is 0.236 e. The number of carbonyl (C=O) groups is 1. The van der Waals surface area contributed by atoms with Gasteiger partial charge in [0, 0.05) is 40.2 Å². The van der Waals surface area contributed by atoms with E-state index in [1.165, 1.54) is 0 Å². The van der Waals surface area contributed by atoms with Crippen molar-refractivity contribution >= 4 is 47.2 Å². The van der Waals surface area contributed by atoms with Crippen LogP contribution in [-0.2, 0) is 11.3 Å². The van der Waals surface area contributed by atoms with Gasteiger partial charge in [-0.25, -0.2) is 4.98 Å². The minimum absolute atomic E-state index is 0. The number of rotatable bonds is 3. The molecule has 1 N–H and O–H groups in total. The van der Waals surface area contributed by atoms with E-state index in [9.17, 15) is 4.79 Å². The highest BCUT2D eigenvalue weighted by Gasteiger charge is 2.21. The molecule has 0 unspecified atom stereocenters. The lowest BCUT2D eigenvalue weighted by molar-refractivity contribution is -0.130. The van der Waals surface area contributed by atoms with Crippen LogP contribution in [0.5, 0.6) is 0 Å². The van der Waals surface area contributed by atoms with Crippen LogP contribution in [0.3, 0.4) is 0 Å². The second kappa shape index (κ2) is 9.18. The molecular weight excluding hydrogens is 453 g/mol. The van der Waals surface area contributed by atoms with E-state index in [0.29, 0.717) is 12.4 Å². The molecule has 0 atom stereocenters. The molecule has 9 heteroatoms. The Bertz CT molecular complexity index is 708. The molecule has 3 heterocycles. The highest BCUT2D eigenvalue weighted by atomic mass is 127. The second-order valence-corrected chi connectivity index (χ2v) is 6.46. The average molecular weight is 475 g/mol. The van der Waals surface area contributed by atoms with Crippen molar-refractivity contribution in [2.75, 3.05) is 33.2 Å². The molecule has 1 aliphatic rings. The monoisotopic (exact) mass is 475 g/mol. The first-order valence-electron chi connectivity index (χ1n) is 7.87. The standard InChI is InChI=1S/C16H21N5O2S.HI/c1-12(22)20-5-7-21(8-6-20)16(17-2)18-10-13-11-23-15(19-13)14-4-3-9-24-14;/h3-4,9,11H,5-8,10H2,1-2H3,(H,17,18);1H. The third kappa shape index (κ3) is 4.94. The Morgan fingerprint density at radius 2 is 2.08 bits per heavy atom. The molecule has 7 nitrogen and oxygen atoms in total. The molecule has 2 aromatic rings. The largest absolute Gasteiger partial charge is 0.443 e. The van der Waals surface area contributed by atoms with E-state index in [0.717, 1.165) is 42.7 Å². The summed E-state index contributed by atoms with van der Waals surface area (Å²) in [5.74, 6) is 1.59. The van der Waals surface area contributed by atoms with Crippen LogP contribution >= 0.6 is 35.3 Å². The van der Waals surface area contributed by atoms with E-state index in [1.807, 2.05) is 22.4 Å². The second-order valence-electron chi connectivity index (χ2n) is 5.52. The van der Waals surface area contributed by atoms with Crippen molar-refractivity contribution in [2.45, 2.75) is 13.5 Å². The molecule has 25 heavy (non-hydrogen) atoms. The fourth-order valence-electron chi connectivity index (χ4n) is 2.64. The SMILES string of the molecule is CN=C(NCc1coc(-c2cccs2)n1)N1CCN(C(C)=O)CC1.I. The Balaban J connectivity index is 0.00000225. The third-order valence-electron chi connectivity index (χ3n) is 3.95. The van der Waals surface area contributed by atoms with E-state index in [-0.39, 0.29) is 29.9 Å². The van der Waals surface area contributed by atoms with Crippen molar-refractivity contribution in [2.24, 2.45) is 4.99 Å². The number of hydrogen-bond donors (Lipinski definition) is 1. The van der Waals surface area contributed by atoms with E-state index in [4.69, 9.17) is 4.42 Å². The normalized spacial score (nSPS) is 15.0. The lowest BCUT2D eigenvalue weighted by Gasteiger charge is -2.36. The van der Waals surface area contributed by atoms with Crippen LogP contribution in [0.4, 0.5) is 0 Å². The molecule has 1 saturated heterocycles. The van der Waals surface area contributed by atoms with Crippen LogP contribution in [0, 0.1) is 0 Å². The van der Waals surface area contributed by atoms with Gasteiger partial charge in [0.25, 0.3) is 0 Å². The number of aromatic nitrogens is 1. The van der Waals surface area contributed by atoms with E-state index < -0.39 is 0 Å². The van der Waals surface area contributed by atoms with Crippen LogP contribution in [-0.4, -0.2) is 59.9 Å². The molecule has 0 radical (unpaired) electrons. The van der Waals surface area contributed by atoms with Crippen LogP contribution in [0.25, 0.3) is 10.8 Å². The molecule has 0 aromatic carbocycles. The van der Waals surface area contributed by atoms with Gasteiger partial charge >= 0.3 is 0 Å². The van der Waals surface area contributed by atoms with Gasteiger partial charge in [-0.05, 0) is 11.4 Å². The summed E-state index contributed by atoms with van der Waals surface area (Å²) in [5, 5.41) is 5.31. The van der Waals surface area contributed by atoms with Gasteiger partial charge in [-0.1, -0.05) is 6.07 Å². The Morgan fingerprint density at radius 1 is 1.36 bits per heavy atom. The van der Waals surface area contributed by atoms with Crippen molar-refractivity contribution in [1.29, 1.82) is 0 Å². The number of piperazine rings is 1. The highest BCUT2D eigenvalue weighted by Crippen LogP contribution is 2.23. The Hall–Kier alpha value is -1.62. The first kappa shape index (κ1) is 19.7. The number of amides is 1. The van der Waals surface area contributed by atoms with E-state index >= 15 is 0 Å². The molecule has 136 valence electrons. The number of oxazole rings is 1. The quantitative estimate of drug-likeness (QED) is 0.419. The molecule has 0 saturated carbocycles. The lowest BCUT2D eigenvalue weighted by Crippen LogP contribution is -2.53. The zero-order chi connectivity index (χ0) is 16.9. The van der Waals surface area contributed by atoms with Crippen LogP contribution in [0.1, 0.15) is 12.6 Å². The summed E-state index contributed by atoms with van der Waals surface area (Å²) in [6, 6.07) is 3.96. The summed E-state index contributed by atoms with van der Waals surface area (Å²) in [7, 11) is 1.76. The fourth-order valence-corrected chi connectivity index (χ4v) is 3.29. The van der Waals surface area contributed by atoms with Crippen LogP contribution < -0.4 is 5.32 Å². The number of carbonyl (C=O) groups excluding carboxylic acids is 1. The third-order valence-corrected chi connectivity index (χ3v) is 4.81. The summed E-state index contributed by atoms with van der Waals surface area (Å²) in [6.45, 7) is 5.16. The summed E-state index contributed by atoms with van der Waals surface area (Å²) >= 11 is 1.60.